The highest BCUT2D eigenvalue weighted by atomic mass is 32.2. The molecule has 0 fully saturated rings. The number of carbonyl (C=O) groups is 1. The van der Waals surface area contributed by atoms with Gasteiger partial charge < -0.3 is 10.1 Å². The Morgan fingerprint density at radius 2 is 1.71 bits per heavy atom. The zero-order valence-electron chi connectivity index (χ0n) is 17.2. The van der Waals surface area contributed by atoms with Crippen LogP contribution in [0.15, 0.2) is 42.5 Å². The Bertz CT molecular complexity index is 957. The van der Waals surface area contributed by atoms with Crippen molar-refractivity contribution in [2.75, 3.05) is 17.7 Å². The van der Waals surface area contributed by atoms with E-state index < -0.39 is 16.1 Å². The summed E-state index contributed by atoms with van der Waals surface area (Å²) in [5, 5.41) is 2.89. The van der Waals surface area contributed by atoms with Gasteiger partial charge in [-0.05, 0) is 57.0 Å². The Labute approximate surface area is 167 Å². The van der Waals surface area contributed by atoms with Crippen molar-refractivity contribution in [1.82, 2.24) is 5.32 Å². The second-order valence-corrected chi connectivity index (χ2v) is 8.84. The van der Waals surface area contributed by atoms with Crippen molar-refractivity contribution in [2.24, 2.45) is 0 Å². The predicted octanol–water partition coefficient (Wildman–Crippen LogP) is 3.34. The fourth-order valence-electron chi connectivity index (χ4n) is 3.11. The van der Waals surface area contributed by atoms with Crippen LogP contribution in [0.5, 0.6) is 5.75 Å². The maximum Gasteiger partial charge on any atom is 0.244 e. The topological polar surface area (TPSA) is 75.7 Å². The summed E-state index contributed by atoms with van der Waals surface area (Å²) >= 11 is 0. The molecule has 0 saturated heterocycles. The summed E-state index contributed by atoms with van der Waals surface area (Å²) < 4.78 is 31.4. The zero-order valence-corrected chi connectivity index (χ0v) is 18.0. The standard InChI is InChI=1S/C21H28N2O4S/c1-14-11-12-18(13-15(14)2)23(28(6,25)26)17(4)21(24)22-16(3)19-9-7-8-10-20(19)27-5/h7-13,16-17H,1-6H3,(H,22,24). The second-order valence-electron chi connectivity index (χ2n) is 6.98. The van der Waals surface area contributed by atoms with E-state index in [1.807, 2.05) is 51.1 Å². The highest BCUT2D eigenvalue weighted by molar-refractivity contribution is 7.92. The first-order valence-corrected chi connectivity index (χ1v) is 10.9. The number of para-hydroxylation sites is 1. The molecule has 2 unspecified atom stereocenters. The molecular weight excluding hydrogens is 376 g/mol. The van der Waals surface area contributed by atoms with E-state index in [0.29, 0.717) is 11.4 Å². The number of nitrogens with zero attached hydrogens (tertiary/aromatic N) is 1. The molecule has 2 aromatic carbocycles. The highest BCUT2D eigenvalue weighted by Gasteiger charge is 2.30. The van der Waals surface area contributed by atoms with E-state index in [1.54, 1.807) is 26.2 Å². The molecule has 152 valence electrons. The lowest BCUT2D eigenvalue weighted by Crippen LogP contribution is -2.48. The van der Waals surface area contributed by atoms with Crippen molar-refractivity contribution in [3.8, 4) is 5.75 Å². The van der Waals surface area contributed by atoms with Gasteiger partial charge in [0.25, 0.3) is 0 Å². The first-order chi connectivity index (χ1) is 13.1. The largest absolute Gasteiger partial charge is 0.496 e. The molecule has 28 heavy (non-hydrogen) atoms. The summed E-state index contributed by atoms with van der Waals surface area (Å²) in [6.45, 7) is 7.28. The maximum absolute atomic E-state index is 12.9. The first kappa shape index (κ1) is 21.8. The van der Waals surface area contributed by atoms with Gasteiger partial charge in [-0.15, -0.1) is 0 Å². The Hall–Kier alpha value is -2.54. The van der Waals surface area contributed by atoms with Gasteiger partial charge in [0.05, 0.1) is 25.1 Å². The molecule has 1 N–H and O–H groups in total. The summed E-state index contributed by atoms with van der Waals surface area (Å²) in [5.74, 6) is 0.277. The number of nitrogens with one attached hydrogen (secondary N) is 1. The molecule has 0 aliphatic carbocycles. The zero-order chi connectivity index (χ0) is 21.1. The summed E-state index contributed by atoms with van der Waals surface area (Å²) in [6.07, 6.45) is 1.11. The molecule has 2 atom stereocenters. The Morgan fingerprint density at radius 3 is 2.29 bits per heavy atom. The second kappa shape index (κ2) is 8.65. The van der Waals surface area contributed by atoms with Gasteiger partial charge in [0.2, 0.25) is 15.9 Å². The van der Waals surface area contributed by atoms with E-state index in [0.717, 1.165) is 27.3 Å². The van der Waals surface area contributed by atoms with Crippen molar-refractivity contribution < 1.29 is 17.9 Å². The number of carbonyl (C=O) groups excluding carboxylic acids is 1. The molecule has 0 saturated carbocycles. The van der Waals surface area contributed by atoms with Gasteiger partial charge in [-0.1, -0.05) is 24.3 Å². The number of hydrogen-bond donors (Lipinski definition) is 1. The van der Waals surface area contributed by atoms with Crippen molar-refractivity contribution in [2.45, 2.75) is 39.8 Å². The van der Waals surface area contributed by atoms with E-state index in [1.165, 1.54) is 0 Å². The van der Waals surface area contributed by atoms with Crippen LogP contribution in [0.25, 0.3) is 0 Å². The number of benzene rings is 2. The minimum Gasteiger partial charge on any atom is -0.496 e. The number of anilines is 1. The minimum absolute atomic E-state index is 0.340. The molecule has 2 aromatic rings. The third kappa shape index (κ3) is 4.84. The molecule has 0 bridgehead atoms. The molecule has 7 heteroatoms. The Kier molecular flexibility index (Phi) is 6.72. The lowest BCUT2D eigenvalue weighted by atomic mass is 10.1. The van der Waals surface area contributed by atoms with Crippen LogP contribution in [-0.4, -0.2) is 33.7 Å². The van der Waals surface area contributed by atoms with Gasteiger partial charge in [-0.2, -0.15) is 0 Å². The molecule has 0 spiro atoms. The van der Waals surface area contributed by atoms with Crippen LogP contribution in [0.2, 0.25) is 0 Å². The molecule has 6 nitrogen and oxygen atoms in total. The number of aryl methyl sites for hydroxylation is 2. The Morgan fingerprint density at radius 1 is 1.07 bits per heavy atom. The molecule has 1 amide bonds. The van der Waals surface area contributed by atoms with Crippen LogP contribution in [0.4, 0.5) is 5.69 Å². The third-order valence-electron chi connectivity index (χ3n) is 4.80. The molecular formula is C21H28N2O4S. The third-order valence-corrected chi connectivity index (χ3v) is 6.04. The summed E-state index contributed by atoms with van der Waals surface area (Å²) in [4.78, 5) is 12.9. The van der Waals surface area contributed by atoms with Crippen molar-refractivity contribution >= 4 is 21.6 Å². The van der Waals surface area contributed by atoms with Gasteiger partial charge in [-0.25, -0.2) is 8.42 Å². The van der Waals surface area contributed by atoms with E-state index in [4.69, 9.17) is 4.74 Å². The number of sulfonamides is 1. The number of rotatable bonds is 7. The Balaban J connectivity index is 2.30. The lowest BCUT2D eigenvalue weighted by Gasteiger charge is -2.30. The predicted molar refractivity (Wildman–Crippen MR) is 112 cm³/mol. The fraction of sp³-hybridized carbons (Fsp3) is 0.381. The van der Waals surface area contributed by atoms with E-state index >= 15 is 0 Å². The van der Waals surface area contributed by atoms with Crippen molar-refractivity contribution in [3.05, 3.63) is 59.2 Å². The van der Waals surface area contributed by atoms with Crippen LogP contribution < -0.4 is 14.4 Å². The molecule has 0 aromatic heterocycles. The molecule has 0 aliphatic heterocycles. The lowest BCUT2D eigenvalue weighted by molar-refractivity contribution is -0.122. The van der Waals surface area contributed by atoms with E-state index in [-0.39, 0.29) is 11.9 Å². The number of amides is 1. The van der Waals surface area contributed by atoms with Gasteiger partial charge in [0, 0.05) is 5.56 Å². The number of ether oxygens (including phenoxy) is 1. The first-order valence-electron chi connectivity index (χ1n) is 9.06. The summed E-state index contributed by atoms with van der Waals surface area (Å²) in [6, 6.07) is 11.5. The van der Waals surface area contributed by atoms with Crippen LogP contribution in [-0.2, 0) is 14.8 Å². The van der Waals surface area contributed by atoms with Crippen LogP contribution in [0, 0.1) is 13.8 Å². The van der Waals surface area contributed by atoms with Crippen LogP contribution in [0.1, 0.15) is 36.6 Å². The molecule has 0 heterocycles. The number of methoxy groups -OCH3 is 1. The SMILES string of the molecule is COc1ccccc1C(C)NC(=O)C(C)N(c1ccc(C)c(C)c1)S(C)(=O)=O. The van der Waals surface area contributed by atoms with Gasteiger partial charge >= 0.3 is 0 Å². The summed E-state index contributed by atoms with van der Waals surface area (Å²) in [5.41, 5.74) is 3.31. The van der Waals surface area contributed by atoms with Gasteiger partial charge in [0.1, 0.15) is 11.8 Å². The highest BCUT2D eigenvalue weighted by Crippen LogP contribution is 2.26. The summed E-state index contributed by atoms with van der Waals surface area (Å²) in [7, 11) is -2.09. The van der Waals surface area contributed by atoms with Crippen LogP contribution >= 0.6 is 0 Å². The van der Waals surface area contributed by atoms with Gasteiger partial charge in [-0.3, -0.25) is 9.10 Å². The van der Waals surface area contributed by atoms with Crippen molar-refractivity contribution in [3.63, 3.8) is 0 Å². The quantitative estimate of drug-likeness (QED) is 0.768. The normalized spacial score (nSPS) is 13.5. The van der Waals surface area contributed by atoms with Gasteiger partial charge in [0.15, 0.2) is 0 Å². The monoisotopic (exact) mass is 404 g/mol. The van der Waals surface area contributed by atoms with E-state index in [2.05, 4.69) is 5.32 Å². The van der Waals surface area contributed by atoms with Crippen molar-refractivity contribution in [1.29, 1.82) is 0 Å². The molecule has 0 aliphatic rings. The number of hydrogen-bond acceptors (Lipinski definition) is 4. The minimum atomic E-state index is -3.66. The molecule has 2 rings (SSSR count). The average molecular weight is 405 g/mol. The fourth-order valence-corrected chi connectivity index (χ4v) is 4.27. The van der Waals surface area contributed by atoms with E-state index in [9.17, 15) is 13.2 Å². The van der Waals surface area contributed by atoms with Crippen LogP contribution in [0.3, 0.4) is 0 Å². The molecule has 0 radical (unpaired) electrons. The average Bonchev–Trinajstić information content (AvgIpc) is 2.63. The maximum atomic E-state index is 12.9. The smallest absolute Gasteiger partial charge is 0.244 e.